The number of rotatable bonds is 7. The lowest BCUT2D eigenvalue weighted by Gasteiger charge is -2.29. The maximum absolute atomic E-state index is 13.1. The Morgan fingerprint density at radius 1 is 1.50 bits per heavy atom. The van der Waals surface area contributed by atoms with Crippen LogP contribution in [0.3, 0.4) is 0 Å². The number of carbonyl (C=O) groups is 1. The molecule has 0 saturated carbocycles. The van der Waals surface area contributed by atoms with Crippen molar-refractivity contribution in [2.75, 3.05) is 6.61 Å². The first-order valence-corrected chi connectivity index (χ1v) is 6.71. The number of amides is 1. The molecule has 0 fully saturated rings. The van der Waals surface area contributed by atoms with Crippen LogP contribution in [0.25, 0.3) is 0 Å². The van der Waals surface area contributed by atoms with Crippen LogP contribution in [0.4, 0.5) is 4.39 Å². The number of hydrogen-bond acceptors (Lipinski definition) is 3. The van der Waals surface area contributed by atoms with Gasteiger partial charge in [-0.2, -0.15) is 0 Å². The number of aryl methyl sites for hydroxylation is 1. The van der Waals surface area contributed by atoms with E-state index < -0.39 is 11.4 Å². The van der Waals surface area contributed by atoms with Crippen molar-refractivity contribution in [1.82, 2.24) is 5.32 Å². The number of carbonyl (C=O) groups excluding carboxylic acids is 1. The van der Waals surface area contributed by atoms with E-state index >= 15 is 0 Å². The van der Waals surface area contributed by atoms with E-state index in [9.17, 15) is 9.18 Å². The summed E-state index contributed by atoms with van der Waals surface area (Å²) >= 11 is 0. The summed E-state index contributed by atoms with van der Waals surface area (Å²) in [6.45, 7) is 7.66. The normalized spacial score (nSPS) is 14.1. The lowest BCUT2D eigenvalue weighted by Crippen LogP contribution is -2.56. The third-order valence-corrected chi connectivity index (χ3v) is 3.15. The van der Waals surface area contributed by atoms with Gasteiger partial charge in [-0.05, 0) is 51.5 Å². The van der Waals surface area contributed by atoms with E-state index in [0.717, 1.165) is 0 Å². The lowest BCUT2D eigenvalue weighted by atomic mass is 9.96. The van der Waals surface area contributed by atoms with E-state index in [2.05, 4.69) is 5.32 Å². The summed E-state index contributed by atoms with van der Waals surface area (Å²) in [5.74, 6) is -0.0915. The highest BCUT2D eigenvalue weighted by atomic mass is 19.1. The fourth-order valence-electron chi connectivity index (χ4n) is 1.98. The van der Waals surface area contributed by atoms with Gasteiger partial charge in [0.1, 0.15) is 11.6 Å². The molecule has 0 saturated heterocycles. The van der Waals surface area contributed by atoms with Crippen molar-refractivity contribution in [3.05, 3.63) is 29.6 Å². The summed E-state index contributed by atoms with van der Waals surface area (Å²) in [5.41, 5.74) is 5.15. The molecule has 20 heavy (non-hydrogen) atoms. The highest BCUT2D eigenvalue weighted by Crippen LogP contribution is 2.17. The summed E-state index contributed by atoms with van der Waals surface area (Å²) in [4.78, 5) is 11.6. The van der Waals surface area contributed by atoms with Gasteiger partial charge in [0.05, 0.1) is 12.1 Å². The molecule has 4 nitrogen and oxygen atoms in total. The Morgan fingerprint density at radius 2 is 2.15 bits per heavy atom. The maximum atomic E-state index is 13.1. The molecule has 1 rings (SSSR count). The van der Waals surface area contributed by atoms with E-state index in [1.54, 1.807) is 26.0 Å². The minimum atomic E-state index is -0.816. The molecule has 0 aliphatic rings. The van der Waals surface area contributed by atoms with E-state index in [0.29, 0.717) is 24.3 Å². The van der Waals surface area contributed by atoms with Crippen LogP contribution in [0.15, 0.2) is 18.2 Å². The molecule has 0 spiro atoms. The van der Waals surface area contributed by atoms with Crippen LogP contribution in [0, 0.1) is 12.7 Å². The van der Waals surface area contributed by atoms with Gasteiger partial charge < -0.3 is 15.8 Å². The average Bonchev–Trinajstić information content (AvgIpc) is 2.32. The number of nitrogens with one attached hydrogen (secondary N) is 1. The summed E-state index contributed by atoms with van der Waals surface area (Å²) in [6, 6.07) is 4.71. The van der Waals surface area contributed by atoms with Gasteiger partial charge in [-0.15, -0.1) is 0 Å². The molecule has 0 aliphatic heterocycles. The minimum absolute atomic E-state index is 0.139. The minimum Gasteiger partial charge on any atom is -0.493 e. The Bertz CT molecular complexity index is 477. The zero-order chi connectivity index (χ0) is 15.3. The van der Waals surface area contributed by atoms with E-state index in [1.165, 1.54) is 6.07 Å². The second-order valence-corrected chi connectivity index (χ2v) is 5.50. The fraction of sp³-hybridized carbons (Fsp3) is 0.533. The molecule has 1 aromatic carbocycles. The third kappa shape index (κ3) is 4.49. The molecule has 0 bridgehead atoms. The Morgan fingerprint density at radius 3 is 2.65 bits per heavy atom. The van der Waals surface area contributed by atoms with Crippen LogP contribution in [-0.4, -0.2) is 24.1 Å². The number of ether oxygens (including phenoxy) is 1. The quantitative estimate of drug-likeness (QED) is 0.805. The first-order valence-electron chi connectivity index (χ1n) is 6.71. The zero-order valence-electron chi connectivity index (χ0n) is 12.5. The number of halogens is 1. The Balaban J connectivity index is 2.60. The number of benzene rings is 1. The molecule has 1 atom stereocenters. The Hall–Kier alpha value is -1.62. The third-order valence-electron chi connectivity index (χ3n) is 3.15. The van der Waals surface area contributed by atoms with Crippen LogP contribution in [0.5, 0.6) is 5.75 Å². The van der Waals surface area contributed by atoms with Gasteiger partial charge in [-0.3, -0.25) is 4.79 Å². The van der Waals surface area contributed by atoms with Gasteiger partial charge in [0.2, 0.25) is 5.91 Å². The highest BCUT2D eigenvalue weighted by molar-refractivity contribution is 5.84. The molecule has 1 aromatic rings. The summed E-state index contributed by atoms with van der Waals surface area (Å²) in [5, 5.41) is 3.15. The zero-order valence-corrected chi connectivity index (χ0v) is 12.5. The first kappa shape index (κ1) is 16.4. The first-order chi connectivity index (χ1) is 9.24. The molecular formula is C15H23FN2O2. The van der Waals surface area contributed by atoms with Crippen LogP contribution in [0.2, 0.25) is 0 Å². The summed E-state index contributed by atoms with van der Waals surface area (Å²) in [6.07, 6.45) is 0.441. The molecule has 0 aromatic heterocycles. The van der Waals surface area contributed by atoms with Crippen molar-refractivity contribution in [3.63, 3.8) is 0 Å². The molecule has 1 unspecified atom stereocenters. The van der Waals surface area contributed by atoms with E-state index in [4.69, 9.17) is 10.5 Å². The second-order valence-electron chi connectivity index (χ2n) is 5.50. The highest BCUT2D eigenvalue weighted by Gasteiger charge is 2.31. The van der Waals surface area contributed by atoms with Crippen molar-refractivity contribution in [2.24, 2.45) is 5.73 Å². The van der Waals surface area contributed by atoms with Gasteiger partial charge in [-0.25, -0.2) is 4.39 Å². The standard InChI is InChI=1S/C15H23FN2O2/c1-10(2)18-15(4,14(17)19)7-8-20-12-5-6-13(16)11(3)9-12/h5-6,9-10,18H,7-8H2,1-4H3,(H2,17,19). The molecule has 112 valence electrons. The molecule has 3 N–H and O–H groups in total. The number of hydrogen-bond donors (Lipinski definition) is 2. The topological polar surface area (TPSA) is 64.3 Å². The fourth-order valence-corrected chi connectivity index (χ4v) is 1.98. The summed E-state index contributed by atoms with van der Waals surface area (Å²) < 4.78 is 18.7. The van der Waals surface area contributed by atoms with Crippen LogP contribution in [-0.2, 0) is 4.79 Å². The molecule has 0 radical (unpaired) electrons. The number of nitrogens with two attached hydrogens (primary N) is 1. The molecule has 1 amide bonds. The molecule has 0 heterocycles. The van der Waals surface area contributed by atoms with Gasteiger partial charge in [0.15, 0.2) is 0 Å². The largest absolute Gasteiger partial charge is 0.493 e. The van der Waals surface area contributed by atoms with Gasteiger partial charge >= 0.3 is 0 Å². The number of primary amides is 1. The predicted octanol–water partition coefficient (Wildman–Crippen LogP) is 2.15. The Kier molecular flexibility index (Phi) is 5.51. The van der Waals surface area contributed by atoms with Crippen molar-refractivity contribution in [1.29, 1.82) is 0 Å². The molecular weight excluding hydrogens is 259 g/mol. The monoisotopic (exact) mass is 282 g/mol. The van der Waals surface area contributed by atoms with Crippen molar-refractivity contribution in [3.8, 4) is 5.75 Å². The van der Waals surface area contributed by atoms with Crippen LogP contribution >= 0.6 is 0 Å². The summed E-state index contributed by atoms with van der Waals surface area (Å²) in [7, 11) is 0. The van der Waals surface area contributed by atoms with E-state index in [-0.39, 0.29) is 11.9 Å². The van der Waals surface area contributed by atoms with E-state index in [1.807, 2.05) is 13.8 Å². The van der Waals surface area contributed by atoms with Crippen molar-refractivity contribution in [2.45, 2.75) is 45.7 Å². The van der Waals surface area contributed by atoms with Crippen LogP contribution in [0.1, 0.15) is 32.8 Å². The van der Waals surface area contributed by atoms with Crippen molar-refractivity contribution >= 4 is 5.91 Å². The average molecular weight is 282 g/mol. The Labute approximate surface area is 119 Å². The second kappa shape index (κ2) is 6.70. The predicted molar refractivity (Wildman–Crippen MR) is 77.1 cm³/mol. The smallest absolute Gasteiger partial charge is 0.237 e. The maximum Gasteiger partial charge on any atom is 0.237 e. The lowest BCUT2D eigenvalue weighted by molar-refractivity contribution is -0.124. The molecule has 0 aliphatic carbocycles. The van der Waals surface area contributed by atoms with Gasteiger partial charge in [0.25, 0.3) is 0 Å². The van der Waals surface area contributed by atoms with Crippen molar-refractivity contribution < 1.29 is 13.9 Å². The van der Waals surface area contributed by atoms with Gasteiger partial charge in [0, 0.05) is 12.5 Å². The van der Waals surface area contributed by atoms with Crippen LogP contribution < -0.4 is 15.8 Å². The SMILES string of the molecule is Cc1cc(OCCC(C)(NC(C)C)C(N)=O)ccc1F. The van der Waals surface area contributed by atoms with Gasteiger partial charge in [-0.1, -0.05) is 0 Å². The molecule has 5 heteroatoms.